The number of aromatic nitrogens is 3. The van der Waals surface area contributed by atoms with Crippen LogP contribution in [0, 0.1) is 6.92 Å². The van der Waals surface area contributed by atoms with E-state index in [0.29, 0.717) is 12.3 Å². The molecule has 0 aliphatic carbocycles. The number of nitrogens with zero attached hydrogens (tertiary/aromatic N) is 3. The first-order chi connectivity index (χ1) is 15.5. The third kappa shape index (κ3) is 4.92. The number of rotatable bonds is 5. The summed E-state index contributed by atoms with van der Waals surface area (Å²) >= 11 is 0. The average molecular weight is 432 g/mol. The number of ether oxygens (including phenoxy) is 1. The van der Waals surface area contributed by atoms with Crippen molar-refractivity contribution >= 4 is 29.0 Å². The largest absolute Gasteiger partial charge is 0.494 e. The maximum absolute atomic E-state index is 11.6. The number of hydrogen-bond donors (Lipinski definition) is 2. The van der Waals surface area contributed by atoms with Crippen LogP contribution in [0.2, 0.25) is 0 Å². The van der Waals surface area contributed by atoms with E-state index in [1.807, 2.05) is 48.1 Å². The second-order valence-corrected chi connectivity index (χ2v) is 7.01. The number of carbonyl (C=O) groups excluding carboxylic acids is 1. The Morgan fingerprint density at radius 3 is 2.62 bits per heavy atom. The minimum absolute atomic E-state index is 0.121. The molecule has 0 spiro atoms. The number of nitrogens with one attached hydrogen (secondary N) is 1. The van der Waals surface area contributed by atoms with E-state index in [4.69, 9.17) is 19.6 Å². The molecule has 8 heteroatoms. The van der Waals surface area contributed by atoms with Gasteiger partial charge in [-0.1, -0.05) is 24.3 Å². The van der Waals surface area contributed by atoms with Crippen molar-refractivity contribution in [2.45, 2.75) is 20.4 Å². The summed E-state index contributed by atoms with van der Waals surface area (Å²) in [6, 6.07) is 15.8. The Hall–Kier alpha value is -4.20. The Kier molecular flexibility index (Phi) is 7.17. The van der Waals surface area contributed by atoms with Crippen LogP contribution in [0.5, 0.6) is 5.75 Å². The molecule has 0 aliphatic rings. The molecule has 1 amide bonds. The van der Waals surface area contributed by atoms with E-state index in [1.165, 1.54) is 6.92 Å². The number of pyridine rings is 1. The molecule has 4 aromatic rings. The summed E-state index contributed by atoms with van der Waals surface area (Å²) in [6.45, 7) is 3.93. The van der Waals surface area contributed by atoms with Crippen molar-refractivity contribution in [2.24, 2.45) is 0 Å². The number of methoxy groups -OCH3 is 1. The highest BCUT2D eigenvalue weighted by atomic mass is 16.5. The quantitative estimate of drug-likeness (QED) is 0.460. The van der Waals surface area contributed by atoms with E-state index in [0.717, 1.165) is 39.0 Å². The predicted octanol–water partition coefficient (Wildman–Crippen LogP) is 4.12. The summed E-state index contributed by atoms with van der Waals surface area (Å²) in [5.41, 5.74) is 5.49. The number of fused-ring (bicyclic) bond motifs is 1. The molecule has 0 atom stereocenters. The lowest BCUT2D eigenvalue weighted by Crippen LogP contribution is -2.07. The van der Waals surface area contributed by atoms with E-state index < -0.39 is 0 Å². The molecule has 4 rings (SSSR count). The molecule has 2 N–H and O–H groups in total. The van der Waals surface area contributed by atoms with Crippen LogP contribution in [-0.4, -0.2) is 39.4 Å². The van der Waals surface area contributed by atoms with E-state index in [-0.39, 0.29) is 12.4 Å². The summed E-state index contributed by atoms with van der Waals surface area (Å²) in [7, 11) is 1.63. The van der Waals surface area contributed by atoms with Crippen molar-refractivity contribution in [3.8, 4) is 17.0 Å². The second-order valence-electron chi connectivity index (χ2n) is 7.01. The third-order valence-electron chi connectivity index (χ3n) is 4.84. The zero-order chi connectivity index (χ0) is 23.1. The topological polar surface area (TPSA) is 106 Å². The van der Waals surface area contributed by atoms with Gasteiger partial charge in [-0.15, -0.1) is 0 Å². The standard InChI is InChI=1S/C23H22N4O2.CH2O2/c1-15-13-20(18-8-5-4-7-17(18)14-27-12-6-11-24-27)26-23-21(29-3)10-9-19(22(15)23)25-16(2)28;2-1-3/h4-13H,14H2,1-3H3,(H,25,28);1H,(H,2,3). The first kappa shape index (κ1) is 22.5. The van der Waals surface area contributed by atoms with Crippen LogP contribution >= 0.6 is 0 Å². The Balaban J connectivity index is 0.000000913. The summed E-state index contributed by atoms with van der Waals surface area (Å²) in [6.07, 6.45) is 3.72. The molecule has 0 saturated heterocycles. The zero-order valence-corrected chi connectivity index (χ0v) is 18.1. The van der Waals surface area contributed by atoms with Gasteiger partial charge in [-0.25, -0.2) is 4.98 Å². The number of amides is 1. The van der Waals surface area contributed by atoms with Crippen molar-refractivity contribution in [3.63, 3.8) is 0 Å². The van der Waals surface area contributed by atoms with Gasteiger partial charge in [-0.3, -0.25) is 14.3 Å². The van der Waals surface area contributed by atoms with Crippen LogP contribution in [0.25, 0.3) is 22.2 Å². The van der Waals surface area contributed by atoms with Crippen LogP contribution in [0.1, 0.15) is 18.1 Å². The number of anilines is 1. The molecule has 2 aromatic heterocycles. The number of benzene rings is 2. The van der Waals surface area contributed by atoms with Crippen LogP contribution in [0.3, 0.4) is 0 Å². The second kappa shape index (κ2) is 10.2. The Labute approximate surface area is 185 Å². The van der Waals surface area contributed by atoms with Gasteiger partial charge in [0.1, 0.15) is 11.3 Å². The molecule has 8 nitrogen and oxygen atoms in total. The molecule has 164 valence electrons. The van der Waals surface area contributed by atoms with Gasteiger partial charge in [0.2, 0.25) is 5.91 Å². The van der Waals surface area contributed by atoms with Crippen molar-refractivity contribution in [3.05, 3.63) is 72.1 Å². The van der Waals surface area contributed by atoms with Crippen LogP contribution < -0.4 is 10.1 Å². The Morgan fingerprint density at radius 1 is 1.22 bits per heavy atom. The van der Waals surface area contributed by atoms with Gasteiger partial charge in [0.15, 0.2) is 0 Å². The molecule has 0 aliphatic heterocycles. The highest BCUT2D eigenvalue weighted by Crippen LogP contribution is 2.36. The molecule has 0 radical (unpaired) electrons. The van der Waals surface area contributed by atoms with Gasteiger partial charge in [-0.05, 0) is 42.3 Å². The third-order valence-corrected chi connectivity index (χ3v) is 4.84. The Morgan fingerprint density at radius 2 is 1.97 bits per heavy atom. The smallest absolute Gasteiger partial charge is 0.290 e. The normalized spacial score (nSPS) is 10.2. The van der Waals surface area contributed by atoms with Gasteiger partial charge in [0.05, 0.1) is 25.0 Å². The molecule has 0 fully saturated rings. The molecule has 0 unspecified atom stereocenters. The first-order valence-corrected chi connectivity index (χ1v) is 9.88. The van der Waals surface area contributed by atoms with Gasteiger partial charge in [-0.2, -0.15) is 5.10 Å². The molecule has 32 heavy (non-hydrogen) atoms. The summed E-state index contributed by atoms with van der Waals surface area (Å²) in [5.74, 6) is 0.549. The minimum Gasteiger partial charge on any atom is -0.494 e. The average Bonchev–Trinajstić information content (AvgIpc) is 3.27. The lowest BCUT2D eigenvalue weighted by molar-refractivity contribution is -0.123. The molecular weight excluding hydrogens is 408 g/mol. The summed E-state index contributed by atoms with van der Waals surface area (Å²) < 4.78 is 7.45. The fourth-order valence-corrected chi connectivity index (χ4v) is 3.59. The summed E-state index contributed by atoms with van der Waals surface area (Å²) in [4.78, 5) is 24.9. The zero-order valence-electron chi connectivity index (χ0n) is 18.1. The van der Waals surface area contributed by atoms with E-state index in [2.05, 4.69) is 28.6 Å². The SMILES string of the molecule is COc1ccc(NC(C)=O)c2c(C)cc(-c3ccccc3Cn3cccn3)nc12.O=CO. The maximum atomic E-state index is 11.6. The monoisotopic (exact) mass is 432 g/mol. The summed E-state index contributed by atoms with van der Waals surface area (Å²) in [5, 5.41) is 15.0. The highest BCUT2D eigenvalue weighted by molar-refractivity contribution is 6.04. The van der Waals surface area contributed by atoms with Crippen molar-refractivity contribution in [2.75, 3.05) is 12.4 Å². The molecule has 0 saturated carbocycles. The number of hydrogen-bond acceptors (Lipinski definition) is 5. The number of carbonyl (C=O) groups is 2. The fourth-order valence-electron chi connectivity index (χ4n) is 3.59. The first-order valence-electron chi connectivity index (χ1n) is 9.88. The number of aryl methyl sites for hydroxylation is 1. The van der Waals surface area contributed by atoms with Gasteiger partial charge >= 0.3 is 0 Å². The van der Waals surface area contributed by atoms with Gasteiger partial charge < -0.3 is 15.2 Å². The Bertz CT molecular complexity index is 1240. The van der Waals surface area contributed by atoms with Crippen LogP contribution in [0.15, 0.2) is 60.9 Å². The fraction of sp³-hybridized carbons (Fsp3) is 0.167. The predicted molar refractivity (Wildman–Crippen MR) is 123 cm³/mol. The van der Waals surface area contributed by atoms with Crippen molar-refractivity contribution < 1.29 is 19.4 Å². The lowest BCUT2D eigenvalue weighted by atomic mass is 9.99. The van der Waals surface area contributed by atoms with Crippen LogP contribution in [0.4, 0.5) is 5.69 Å². The lowest BCUT2D eigenvalue weighted by Gasteiger charge is -2.15. The van der Waals surface area contributed by atoms with Crippen molar-refractivity contribution in [1.82, 2.24) is 14.8 Å². The van der Waals surface area contributed by atoms with Gasteiger partial charge in [0.25, 0.3) is 6.47 Å². The molecular formula is C24H24N4O4. The molecule has 0 bridgehead atoms. The van der Waals surface area contributed by atoms with Gasteiger partial charge in [0, 0.05) is 30.3 Å². The molecule has 2 aromatic carbocycles. The van der Waals surface area contributed by atoms with E-state index in [1.54, 1.807) is 13.3 Å². The maximum Gasteiger partial charge on any atom is 0.290 e. The van der Waals surface area contributed by atoms with Crippen molar-refractivity contribution in [1.29, 1.82) is 0 Å². The van der Waals surface area contributed by atoms with Crippen LogP contribution in [-0.2, 0) is 16.1 Å². The molecule has 2 heterocycles. The minimum atomic E-state index is -0.250. The number of carboxylic acid groups (broad SMARTS) is 1. The van der Waals surface area contributed by atoms with E-state index >= 15 is 0 Å². The van der Waals surface area contributed by atoms with E-state index in [9.17, 15) is 4.79 Å². The highest BCUT2D eigenvalue weighted by Gasteiger charge is 2.15.